The summed E-state index contributed by atoms with van der Waals surface area (Å²) in [6.07, 6.45) is 4.23. The van der Waals surface area contributed by atoms with E-state index in [-0.39, 0.29) is 0 Å². The fraction of sp³-hybridized carbons (Fsp3) is 0.917. The van der Waals surface area contributed by atoms with Crippen LogP contribution in [0.4, 0.5) is 0 Å². The summed E-state index contributed by atoms with van der Waals surface area (Å²) in [5, 5.41) is 9.11. The normalized spacial score (nSPS) is 27.1. The lowest BCUT2D eigenvalue weighted by Crippen LogP contribution is -2.52. The van der Waals surface area contributed by atoms with Crippen LogP contribution in [-0.2, 0) is 15.0 Å². The number of hydrogen-bond acceptors (Lipinski definition) is 3. The van der Waals surface area contributed by atoms with Gasteiger partial charge < -0.3 is 5.11 Å². The number of nitrogens with zero attached hydrogens (tertiary/aromatic N) is 1. The number of rotatable bonds is 6. The van der Waals surface area contributed by atoms with Crippen molar-refractivity contribution < 1.29 is 18.3 Å². The predicted octanol–water partition coefficient (Wildman–Crippen LogP) is 0.806. The fourth-order valence-corrected chi connectivity index (χ4v) is 4.13. The van der Waals surface area contributed by atoms with Gasteiger partial charge in [0.05, 0.1) is 0 Å². The molecule has 0 aromatic heterocycles. The SMILES string of the molecule is CC(CNS(=O)(=O)N1CCCCC1C(=O)O)C1CC1. The van der Waals surface area contributed by atoms with Crippen LogP contribution in [0.3, 0.4) is 0 Å². The molecule has 2 rings (SSSR count). The van der Waals surface area contributed by atoms with E-state index in [0.717, 1.165) is 17.1 Å². The summed E-state index contributed by atoms with van der Waals surface area (Å²) in [6, 6.07) is -0.914. The topological polar surface area (TPSA) is 86.7 Å². The summed E-state index contributed by atoms with van der Waals surface area (Å²) >= 11 is 0. The van der Waals surface area contributed by atoms with Crippen molar-refractivity contribution in [1.29, 1.82) is 0 Å². The molecule has 7 heteroatoms. The summed E-state index contributed by atoms with van der Waals surface area (Å²) in [7, 11) is -3.68. The molecule has 0 spiro atoms. The number of nitrogens with one attached hydrogen (secondary N) is 1. The van der Waals surface area contributed by atoms with Gasteiger partial charge in [-0.2, -0.15) is 12.7 Å². The molecule has 0 bridgehead atoms. The van der Waals surface area contributed by atoms with Crippen LogP contribution in [0, 0.1) is 11.8 Å². The van der Waals surface area contributed by atoms with Crippen LogP contribution in [0.1, 0.15) is 39.0 Å². The minimum absolute atomic E-state index is 0.296. The van der Waals surface area contributed by atoms with E-state index in [1.54, 1.807) is 0 Å². The maximum absolute atomic E-state index is 12.2. The van der Waals surface area contributed by atoms with E-state index in [4.69, 9.17) is 5.11 Å². The molecule has 2 N–H and O–H groups in total. The number of carboxylic acids is 1. The second-order valence-electron chi connectivity index (χ2n) is 5.63. The van der Waals surface area contributed by atoms with E-state index in [9.17, 15) is 13.2 Å². The fourth-order valence-electron chi connectivity index (χ4n) is 2.59. The Morgan fingerprint density at radius 1 is 1.37 bits per heavy atom. The third kappa shape index (κ3) is 3.67. The molecule has 0 aromatic rings. The second-order valence-corrected chi connectivity index (χ2v) is 7.34. The Balaban J connectivity index is 1.97. The highest BCUT2D eigenvalue weighted by molar-refractivity contribution is 7.87. The first-order valence-corrected chi connectivity index (χ1v) is 8.35. The molecule has 2 atom stereocenters. The zero-order valence-electron chi connectivity index (χ0n) is 11.2. The summed E-state index contributed by atoms with van der Waals surface area (Å²) < 4.78 is 28.1. The number of hydrogen-bond donors (Lipinski definition) is 2. The molecule has 2 aliphatic rings. The molecule has 1 aliphatic carbocycles. The van der Waals surface area contributed by atoms with Crippen LogP contribution in [0.15, 0.2) is 0 Å². The van der Waals surface area contributed by atoms with Gasteiger partial charge in [-0.05, 0) is 43.9 Å². The van der Waals surface area contributed by atoms with Gasteiger partial charge in [-0.1, -0.05) is 6.92 Å². The third-order valence-corrected chi connectivity index (χ3v) is 5.65. The number of piperidine rings is 1. The Bertz CT molecular complexity index is 433. The molecule has 6 nitrogen and oxygen atoms in total. The van der Waals surface area contributed by atoms with E-state index in [1.165, 1.54) is 12.8 Å². The zero-order chi connectivity index (χ0) is 14.0. The van der Waals surface area contributed by atoms with Crippen LogP contribution in [0.5, 0.6) is 0 Å². The smallest absolute Gasteiger partial charge is 0.322 e. The largest absolute Gasteiger partial charge is 0.480 e. The molecule has 0 radical (unpaired) electrons. The Morgan fingerprint density at radius 3 is 2.63 bits per heavy atom. The average Bonchev–Trinajstić information content (AvgIpc) is 3.20. The first-order chi connectivity index (χ1) is 8.92. The van der Waals surface area contributed by atoms with Gasteiger partial charge in [0.2, 0.25) is 0 Å². The summed E-state index contributed by atoms with van der Waals surface area (Å²) in [4.78, 5) is 11.1. The Kier molecular flexibility index (Phi) is 4.47. The molecule has 1 saturated heterocycles. The third-order valence-electron chi connectivity index (χ3n) is 4.06. The molecular formula is C12H22N2O4S. The van der Waals surface area contributed by atoms with Crippen LogP contribution >= 0.6 is 0 Å². The molecular weight excluding hydrogens is 268 g/mol. The predicted molar refractivity (Wildman–Crippen MR) is 70.8 cm³/mol. The highest BCUT2D eigenvalue weighted by Crippen LogP contribution is 2.36. The molecule has 1 heterocycles. The van der Waals surface area contributed by atoms with Gasteiger partial charge in [0.1, 0.15) is 6.04 Å². The first kappa shape index (κ1) is 14.7. The standard InChI is InChI=1S/C12H22N2O4S/c1-9(10-5-6-10)8-13-19(17,18)14-7-3-2-4-11(14)12(15)16/h9-11,13H,2-8H2,1H3,(H,15,16). The molecule has 19 heavy (non-hydrogen) atoms. The van der Waals surface area contributed by atoms with Gasteiger partial charge >= 0.3 is 5.97 Å². The van der Waals surface area contributed by atoms with Gasteiger partial charge in [0.25, 0.3) is 10.2 Å². The molecule has 110 valence electrons. The van der Waals surface area contributed by atoms with E-state index >= 15 is 0 Å². The minimum Gasteiger partial charge on any atom is -0.480 e. The van der Waals surface area contributed by atoms with Crippen molar-refractivity contribution in [2.24, 2.45) is 11.8 Å². The lowest BCUT2D eigenvalue weighted by atomic mass is 10.1. The summed E-state index contributed by atoms with van der Waals surface area (Å²) in [5.74, 6) is -0.109. The minimum atomic E-state index is -3.68. The quantitative estimate of drug-likeness (QED) is 0.758. The van der Waals surface area contributed by atoms with Crippen molar-refractivity contribution in [2.75, 3.05) is 13.1 Å². The second kappa shape index (κ2) is 5.76. The molecule has 0 aromatic carbocycles. The molecule has 0 amide bonds. The van der Waals surface area contributed by atoms with E-state index < -0.39 is 22.2 Å². The van der Waals surface area contributed by atoms with Crippen LogP contribution in [0.2, 0.25) is 0 Å². The van der Waals surface area contributed by atoms with Gasteiger partial charge in [-0.25, -0.2) is 4.72 Å². The lowest BCUT2D eigenvalue weighted by molar-refractivity contribution is -0.142. The van der Waals surface area contributed by atoms with Crippen molar-refractivity contribution in [3.05, 3.63) is 0 Å². The number of carbonyl (C=O) groups is 1. The lowest BCUT2D eigenvalue weighted by Gasteiger charge is -2.32. The summed E-state index contributed by atoms with van der Waals surface area (Å²) in [6.45, 7) is 2.73. The van der Waals surface area contributed by atoms with Crippen LogP contribution in [-0.4, -0.2) is 42.9 Å². The van der Waals surface area contributed by atoms with Gasteiger partial charge in [0, 0.05) is 13.1 Å². The average molecular weight is 290 g/mol. The van der Waals surface area contributed by atoms with Gasteiger partial charge in [0.15, 0.2) is 0 Å². The molecule has 1 aliphatic heterocycles. The Labute approximate surface area is 114 Å². The van der Waals surface area contributed by atoms with Crippen molar-refractivity contribution in [2.45, 2.75) is 45.1 Å². The monoisotopic (exact) mass is 290 g/mol. The van der Waals surface area contributed by atoms with Crippen molar-refractivity contribution in [1.82, 2.24) is 9.03 Å². The van der Waals surface area contributed by atoms with E-state index in [0.29, 0.717) is 31.3 Å². The van der Waals surface area contributed by atoms with Gasteiger partial charge in [-0.3, -0.25) is 4.79 Å². The van der Waals surface area contributed by atoms with Gasteiger partial charge in [-0.15, -0.1) is 0 Å². The number of aliphatic carboxylic acids is 1. The van der Waals surface area contributed by atoms with Crippen LogP contribution in [0.25, 0.3) is 0 Å². The zero-order valence-corrected chi connectivity index (χ0v) is 12.0. The maximum Gasteiger partial charge on any atom is 0.322 e. The van der Waals surface area contributed by atoms with Crippen LogP contribution < -0.4 is 4.72 Å². The van der Waals surface area contributed by atoms with Crippen molar-refractivity contribution in [3.8, 4) is 0 Å². The Morgan fingerprint density at radius 2 is 2.05 bits per heavy atom. The number of carboxylic acid groups (broad SMARTS) is 1. The highest BCUT2D eigenvalue weighted by atomic mass is 32.2. The van der Waals surface area contributed by atoms with Crippen molar-refractivity contribution >= 4 is 16.2 Å². The Hall–Kier alpha value is -0.660. The maximum atomic E-state index is 12.2. The first-order valence-electron chi connectivity index (χ1n) is 6.91. The highest BCUT2D eigenvalue weighted by Gasteiger charge is 2.37. The van der Waals surface area contributed by atoms with E-state index in [2.05, 4.69) is 4.72 Å². The van der Waals surface area contributed by atoms with E-state index in [1.807, 2.05) is 6.92 Å². The van der Waals surface area contributed by atoms with Crippen molar-refractivity contribution in [3.63, 3.8) is 0 Å². The molecule has 2 unspecified atom stereocenters. The summed E-state index contributed by atoms with van der Waals surface area (Å²) in [5.41, 5.74) is 0. The molecule has 1 saturated carbocycles. The molecule has 2 fully saturated rings.